The first kappa shape index (κ1) is 26.7. The average molecular weight is 551 g/mol. The van der Waals surface area contributed by atoms with Crippen LogP contribution in [0, 0.1) is 0 Å². The molecule has 0 radical (unpaired) electrons. The van der Waals surface area contributed by atoms with Gasteiger partial charge in [0.2, 0.25) is 15.9 Å². The Hall–Kier alpha value is -3.90. The Kier molecular flexibility index (Phi) is 7.58. The van der Waals surface area contributed by atoms with Gasteiger partial charge in [0.15, 0.2) is 5.78 Å². The third kappa shape index (κ3) is 5.48. The number of Topliss-reactive ketones (excluding diaryl/α,β-unsaturated/α-hetero) is 1. The highest BCUT2D eigenvalue weighted by atomic mass is 32.2. The highest BCUT2D eigenvalue weighted by Gasteiger charge is 2.54. The van der Waals surface area contributed by atoms with Gasteiger partial charge in [-0.25, -0.2) is 13.4 Å². The van der Waals surface area contributed by atoms with E-state index in [-0.39, 0.29) is 30.5 Å². The maximum atomic E-state index is 13.6. The smallest absolute Gasteiger partial charge is 0.251 e. The van der Waals surface area contributed by atoms with Gasteiger partial charge in [-0.05, 0) is 49.2 Å². The highest BCUT2D eigenvalue weighted by molar-refractivity contribution is 7.88. The lowest BCUT2D eigenvalue weighted by atomic mass is 10.1. The van der Waals surface area contributed by atoms with Crippen LogP contribution in [0.4, 0.5) is 0 Å². The van der Waals surface area contributed by atoms with Crippen LogP contribution >= 0.6 is 0 Å². The number of amides is 2. The molecule has 204 valence electrons. The molecule has 2 aromatic heterocycles. The van der Waals surface area contributed by atoms with Crippen LogP contribution in [0.25, 0.3) is 5.69 Å². The fourth-order valence-electron chi connectivity index (χ4n) is 5.32. The van der Waals surface area contributed by atoms with Crippen molar-refractivity contribution < 1.29 is 22.8 Å². The van der Waals surface area contributed by atoms with Gasteiger partial charge in [-0.2, -0.15) is 4.31 Å². The largest absolute Gasteiger partial charge is 0.340 e. The number of imidazole rings is 1. The molecular formula is C27H30N6O5S. The molecule has 0 saturated carbocycles. The second-order valence-electron chi connectivity index (χ2n) is 9.75. The van der Waals surface area contributed by atoms with Gasteiger partial charge in [-0.15, -0.1) is 0 Å². The average Bonchev–Trinajstić information content (AvgIpc) is 3.68. The van der Waals surface area contributed by atoms with Crippen LogP contribution < -0.4 is 5.32 Å². The van der Waals surface area contributed by atoms with Crippen LogP contribution in [0.2, 0.25) is 0 Å². The Morgan fingerprint density at radius 1 is 1.13 bits per heavy atom. The first-order valence-corrected chi connectivity index (χ1v) is 14.5. The molecule has 0 bridgehead atoms. The van der Waals surface area contributed by atoms with E-state index in [0.29, 0.717) is 30.5 Å². The summed E-state index contributed by atoms with van der Waals surface area (Å²) in [4.78, 5) is 49.2. The number of carbonyl (C=O) groups is 3. The molecule has 39 heavy (non-hydrogen) atoms. The van der Waals surface area contributed by atoms with Crippen molar-refractivity contribution in [2.45, 2.75) is 50.1 Å². The van der Waals surface area contributed by atoms with Crippen LogP contribution in [-0.4, -0.2) is 81.0 Å². The Morgan fingerprint density at radius 3 is 2.59 bits per heavy atom. The van der Waals surface area contributed by atoms with Crippen molar-refractivity contribution in [2.24, 2.45) is 0 Å². The van der Waals surface area contributed by atoms with Crippen LogP contribution in [0.1, 0.15) is 42.2 Å². The molecule has 12 heteroatoms. The Morgan fingerprint density at radius 2 is 1.92 bits per heavy atom. The summed E-state index contributed by atoms with van der Waals surface area (Å²) in [6, 6.07) is 9.65. The predicted molar refractivity (Wildman–Crippen MR) is 142 cm³/mol. The fourth-order valence-corrected chi connectivity index (χ4v) is 6.99. The van der Waals surface area contributed by atoms with Gasteiger partial charge in [-0.1, -0.05) is 19.4 Å². The van der Waals surface area contributed by atoms with Crippen LogP contribution in [-0.2, 0) is 25.4 Å². The number of nitrogens with zero attached hydrogens (tertiary/aromatic N) is 5. The first-order valence-electron chi connectivity index (χ1n) is 12.9. The minimum atomic E-state index is -3.82. The van der Waals surface area contributed by atoms with Crippen LogP contribution in [0.3, 0.4) is 0 Å². The minimum Gasteiger partial charge on any atom is -0.340 e. The zero-order valence-electron chi connectivity index (χ0n) is 21.5. The van der Waals surface area contributed by atoms with Crippen molar-refractivity contribution in [1.82, 2.24) is 29.1 Å². The fraction of sp³-hybridized carbons (Fsp3) is 0.370. The number of pyridine rings is 1. The molecule has 0 spiro atoms. The number of aromatic nitrogens is 3. The second-order valence-corrected chi connectivity index (χ2v) is 11.7. The van der Waals surface area contributed by atoms with Crippen molar-refractivity contribution in [3.63, 3.8) is 0 Å². The molecule has 2 amide bonds. The van der Waals surface area contributed by atoms with Gasteiger partial charge in [0.1, 0.15) is 17.8 Å². The SMILES string of the molecule is CCCC(NC(=O)c1ccc(-n2ccnc2)cc1)C(=O)N1CCC2C1C(=O)CN2S(=O)(=O)Cc1ccccn1. The summed E-state index contributed by atoms with van der Waals surface area (Å²) >= 11 is 0. The quantitative estimate of drug-likeness (QED) is 0.427. The molecule has 2 fully saturated rings. The summed E-state index contributed by atoms with van der Waals surface area (Å²) in [5, 5.41) is 2.83. The lowest BCUT2D eigenvalue weighted by Gasteiger charge is -2.28. The molecule has 4 heterocycles. The molecule has 2 aliphatic heterocycles. The molecule has 5 rings (SSSR count). The lowest BCUT2D eigenvalue weighted by Crippen LogP contribution is -2.52. The van der Waals surface area contributed by atoms with Crippen molar-refractivity contribution in [3.8, 4) is 5.69 Å². The third-order valence-corrected chi connectivity index (χ3v) is 8.96. The minimum absolute atomic E-state index is 0.241. The zero-order chi connectivity index (χ0) is 27.6. The number of hydrogen-bond acceptors (Lipinski definition) is 7. The molecule has 2 saturated heterocycles. The maximum absolute atomic E-state index is 13.6. The highest BCUT2D eigenvalue weighted by Crippen LogP contribution is 2.33. The number of benzene rings is 1. The van der Waals surface area contributed by atoms with Gasteiger partial charge >= 0.3 is 0 Å². The predicted octanol–water partition coefficient (Wildman–Crippen LogP) is 1.55. The number of fused-ring (bicyclic) bond motifs is 1. The summed E-state index contributed by atoms with van der Waals surface area (Å²) in [5.41, 5.74) is 1.63. The number of sulfonamides is 1. The van der Waals surface area contributed by atoms with Gasteiger partial charge in [0, 0.05) is 36.4 Å². The van der Waals surface area contributed by atoms with Crippen LogP contribution in [0.15, 0.2) is 67.4 Å². The Bertz CT molecular complexity index is 1440. The van der Waals surface area contributed by atoms with Crippen molar-refractivity contribution in [3.05, 3.63) is 78.6 Å². The molecule has 11 nitrogen and oxygen atoms in total. The van der Waals surface area contributed by atoms with E-state index in [1.54, 1.807) is 61.2 Å². The van der Waals surface area contributed by atoms with E-state index in [9.17, 15) is 22.8 Å². The number of likely N-dealkylation sites (tertiary alicyclic amines) is 1. The maximum Gasteiger partial charge on any atom is 0.251 e. The number of carbonyl (C=O) groups excluding carboxylic acids is 3. The van der Waals surface area contributed by atoms with Crippen LogP contribution in [0.5, 0.6) is 0 Å². The van der Waals surface area contributed by atoms with Gasteiger partial charge in [-0.3, -0.25) is 19.4 Å². The summed E-state index contributed by atoms with van der Waals surface area (Å²) in [5.74, 6) is -1.39. The standard InChI is InChI=1S/C27H30N6O5S/c1-2-5-22(30-26(35)19-7-9-21(10-8-19)31-15-13-28-18-31)27(36)32-14-11-23-25(32)24(34)16-33(23)39(37,38)17-20-6-3-4-12-29-20/h3-4,6-10,12-13,15,18,22-23,25H,2,5,11,14,16-17H2,1H3,(H,30,35). The molecule has 3 atom stereocenters. The molecule has 2 aliphatic rings. The topological polar surface area (TPSA) is 135 Å². The van der Waals surface area contributed by atoms with E-state index in [1.807, 2.05) is 11.5 Å². The van der Waals surface area contributed by atoms with Crippen molar-refractivity contribution in [2.75, 3.05) is 13.1 Å². The number of hydrogen-bond donors (Lipinski definition) is 1. The first-order chi connectivity index (χ1) is 18.8. The van der Waals surface area contributed by atoms with E-state index in [0.717, 1.165) is 5.69 Å². The summed E-state index contributed by atoms with van der Waals surface area (Å²) in [6.07, 6.45) is 8.02. The molecule has 3 unspecified atom stereocenters. The zero-order valence-corrected chi connectivity index (χ0v) is 22.3. The molecule has 1 N–H and O–H groups in total. The molecule has 0 aliphatic carbocycles. The van der Waals surface area contributed by atoms with Gasteiger partial charge in [0.25, 0.3) is 5.91 Å². The number of rotatable bonds is 9. The number of nitrogens with one attached hydrogen (secondary N) is 1. The summed E-state index contributed by atoms with van der Waals surface area (Å²) < 4.78 is 29.4. The van der Waals surface area contributed by atoms with Gasteiger partial charge in [0.05, 0.1) is 24.6 Å². The van der Waals surface area contributed by atoms with Crippen molar-refractivity contribution in [1.29, 1.82) is 0 Å². The molecule has 3 aromatic rings. The Labute approximate surface area is 226 Å². The number of ketones is 1. The van der Waals surface area contributed by atoms with E-state index >= 15 is 0 Å². The van der Waals surface area contributed by atoms with E-state index < -0.39 is 34.1 Å². The Balaban J connectivity index is 1.28. The van der Waals surface area contributed by atoms with Crippen molar-refractivity contribution >= 4 is 27.6 Å². The lowest BCUT2D eigenvalue weighted by molar-refractivity contribution is -0.138. The molecule has 1 aromatic carbocycles. The normalized spacial score (nSPS) is 20.1. The van der Waals surface area contributed by atoms with E-state index in [1.165, 1.54) is 15.4 Å². The second kappa shape index (κ2) is 11.1. The summed E-state index contributed by atoms with van der Waals surface area (Å²) in [6.45, 7) is 1.87. The molecular weight excluding hydrogens is 520 g/mol. The van der Waals surface area contributed by atoms with Gasteiger partial charge < -0.3 is 14.8 Å². The summed E-state index contributed by atoms with van der Waals surface area (Å²) in [7, 11) is -3.82. The third-order valence-electron chi connectivity index (χ3n) is 7.19. The monoisotopic (exact) mass is 550 g/mol. The van der Waals surface area contributed by atoms with E-state index in [4.69, 9.17) is 0 Å². The van der Waals surface area contributed by atoms with E-state index in [2.05, 4.69) is 15.3 Å².